The molecule has 0 fully saturated rings. The van der Waals surface area contributed by atoms with Gasteiger partial charge in [-0.15, -0.1) is 0 Å². The van der Waals surface area contributed by atoms with E-state index >= 15 is 0 Å². The Balaban J connectivity index is 2.42. The van der Waals surface area contributed by atoms with E-state index in [0.29, 0.717) is 15.9 Å². The lowest BCUT2D eigenvalue weighted by Crippen LogP contribution is -2.50. The van der Waals surface area contributed by atoms with Gasteiger partial charge in [-0.2, -0.15) is 13.2 Å². The fourth-order valence-corrected chi connectivity index (χ4v) is 3.87. The molecular formula is C21H23F4N3O4S. The van der Waals surface area contributed by atoms with Crippen LogP contribution in [-0.2, 0) is 32.3 Å². The Kier molecular flexibility index (Phi) is 8.06. The first-order valence-electron chi connectivity index (χ1n) is 9.64. The Morgan fingerprint density at radius 2 is 1.70 bits per heavy atom. The number of rotatable bonds is 8. The summed E-state index contributed by atoms with van der Waals surface area (Å²) in [5, 5.41) is 2.38. The van der Waals surface area contributed by atoms with E-state index in [4.69, 9.17) is 0 Å². The lowest BCUT2D eigenvalue weighted by molar-refractivity contribution is -0.139. The maximum atomic E-state index is 13.2. The smallest absolute Gasteiger partial charge is 0.357 e. The molecule has 0 saturated heterocycles. The maximum Gasteiger partial charge on any atom is 0.416 e. The van der Waals surface area contributed by atoms with Gasteiger partial charge < -0.3 is 10.2 Å². The summed E-state index contributed by atoms with van der Waals surface area (Å²) >= 11 is 0. The summed E-state index contributed by atoms with van der Waals surface area (Å²) < 4.78 is 77.8. The van der Waals surface area contributed by atoms with Gasteiger partial charge in [0.2, 0.25) is 21.8 Å². The molecule has 0 aliphatic rings. The summed E-state index contributed by atoms with van der Waals surface area (Å²) in [6.45, 7) is 0.409. The summed E-state index contributed by atoms with van der Waals surface area (Å²) in [7, 11) is -2.82. The van der Waals surface area contributed by atoms with Gasteiger partial charge in [-0.05, 0) is 42.8 Å². The number of benzene rings is 2. The van der Waals surface area contributed by atoms with E-state index < -0.39 is 52.0 Å². The Labute approximate surface area is 189 Å². The largest absolute Gasteiger partial charge is 0.416 e. The van der Waals surface area contributed by atoms with Gasteiger partial charge >= 0.3 is 6.18 Å². The molecule has 1 N–H and O–H groups in total. The predicted molar refractivity (Wildman–Crippen MR) is 114 cm³/mol. The van der Waals surface area contributed by atoms with Gasteiger partial charge in [0.05, 0.1) is 17.5 Å². The van der Waals surface area contributed by atoms with Crippen LogP contribution < -0.4 is 9.62 Å². The SMILES string of the molecule is CNC(=O)C(C)N(Cc1ccc(F)cc1)C(=O)CN(c1cccc(C(F)(F)F)c1)S(C)(=O)=O. The molecule has 2 rings (SSSR count). The average Bonchev–Trinajstić information content (AvgIpc) is 2.74. The van der Waals surface area contributed by atoms with Crippen molar-refractivity contribution in [1.82, 2.24) is 10.2 Å². The second-order valence-corrected chi connectivity index (χ2v) is 9.16. The number of amides is 2. The maximum absolute atomic E-state index is 13.2. The summed E-state index contributed by atoms with van der Waals surface area (Å²) in [6, 6.07) is 7.64. The lowest BCUT2D eigenvalue weighted by atomic mass is 10.1. The molecule has 0 spiro atoms. The fraction of sp³-hybridized carbons (Fsp3) is 0.333. The molecular weight excluding hydrogens is 466 g/mol. The normalized spacial score (nSPS) is 12.7. The van der Waals surface area contributed by atoms with Gasteiger partial charge in [-0.25, -0.2) is 12.8 Å². The zero-order valence-corrected chi connectivity index (χ0v) is 18.9. The second-order valence-electron chi connectivity index (χ2n) is 7.26. The van der Waals surface area contributed by atoms with Crippen molar-refractivity contribution in [2.45, 2.75) is 25.7 Å². The van der Waals surface area contributed by atoms with Crippen LogP contribution in [0.2, 0.25) is 0 Å². The first-order chi connectivity index (χ1) is 15.2. The number of nitrogens with zero attached hydrogens (tertiary/aromatic N) is 2. The molecule has 0 heterocycles. The number of sulfonamides is 1. The number of hydrogen-bond donors (Lipinski definition) is 1. The zero-order valence-electron chi connectivity index (χ0n) is 18.1. The summed E-state index contributed by atoms with van der Waals surface area (Å²) in [4.78, 5) is 26.4. The first kappa shape index (κ1) is 26.1. The molecule has 2 aromatic rings. The standard InChI is InChI=1S/C21H23F4N3O4S/c1-14(20(30)26-2)27(12-15-7-9-17(22)10-8-15)19(29)13-28(33(3,31)32)18-6-4-5-16(11-18)21(23,24)25/h4-11,14H,12-13H2,1-3H3,(H,26,30). The third-order valence-corrected chi connectivity index (χ3v) is 5.96. The Morgan fingerprint density at radius 3 is 2.21 bits per heavy atom. The molecule has 7 nitrogen and oxygen atoms in total. The van der Waals surface area contributed by atoms with Crippen LogP contribution >= 0.6 is 0 Å². The Morgan fingerprint density at radius 1 is 1.09 bits per heavy atom. The summed E-state index contributed by atoms with van der Waals surface area (Å²) in [6.07, 6.45) is -3.96. The topological polar surface area (TPSA) is 86.8 Å². The molecule has 2 aromatic carbocycles. The number of anilines is 1. The van der Waals surface area contributed by atoms with Crippen molar-refractivity contribution in [2.75, 3.05) is 24.2 Å². The molecule has 0 aliphatic carbocycles. The predicted octanol–water partition coefficient (Wildman–Crippen LogP) is 2.77. The minimum absolute atomic E-state index is 0.159. The number of halogens is 4. The number of likely N-dealkylation sites (N-methyl/N-ethyl adjacent to an activating group) is 1. The highest BCUT2D eigenvalue weighted by atomic mass is 32.2. The highest BCUT2D eigenvalue weighted by Gasteiger charge is 2.33. The van der Waals surface area contributed by atoms with Crippen LogP contribution in [0.15, 0.2) is 48.5 Å². The second kappa shape index (κ2) is 10.2. The van der Waals surface area contributed by atoms with Crippen LogP contribution in [0.1, 0.15) is 18.1 Å². The monoisotopic (exact) mass is 489 g/mol. The van der Waals surface area contributed by atoms with E-state index in [0.717, 1.165) is 41.5 Å². The first-order valence-corrected chi connectivity index (χ1v) is 11.5. The van der Waals surface area contributed by atoms with Crippen molar-refractivity contribution in [2.24, 2.45) is 0 Å². The third-order valence-electron chi connectivity index (χ3n) is 4.82. The lowest BCUT2D eigenvalue weighted by Gasteiger charge is -2.31. The van der Waals surface area contributed by atoms with Gasteiger partial charge in [0.25, 0.3) is 0 Å². The Hall–Kier alpha value is -3.15. The number of carbonyl (C=O) groups excluding carboxylic acids is 2. The van der Waals surface area contributed by atoms with Crippen LogP contribution in [-0.4, -0.2) is 51.0 Å². The molecule has 0 bridgehead atoms. The van der Waals surface area contributed by atoms with Crippen molar-refractivity contribution in [1.29, 1.82) is 0 Å². The highest BCUT2D eigenvalue weighted by molar-refractivity contribution is 7.92. The van der Waals surface area contributed by atoms with Gasteiger partial charge in [0, 0.05) is 13.6 Å². The van der Waals surface area contributed by atoms with Gasteiger partial charge in [0.1, 0.15) is 18.4 Å². The van der Waals surface area contributed by atoms with Crippen LogP contribution in [0.3, 0.4) is 0 Å². The van der Waals surface area contributed by atoms with Crippen LogP contribution in [0.25, 0.3) is 0 Å². The Bertz CT molecular complexity index is 1110. The molecule has 1 unspecified atom stereocenters. The van der Waals surface area contributed by atoms with E-state index in [2.05, 4.69) is 5.32 Å². The molecule has 180 valence electrons. The zero-order chi connectivity index (χ0) is 25.0. The minimum Gasteiger partial charge on any atom is -0.357 e. The van der Waals surface area contributed by atoms with Gasteiger partial charge in [-0.1, -0.05) is 18.2 Å². The summed E-state index contributed by atoms with van der Waals surface area (Å²) in [5.41, 5.74) is -0.969. The van der Waals surface area contributed by atoms with Crippen molar-refractivity contribution >= 4 is 27.5 Å². The average molecular weight is 489 g/mol. The molecule has 0 aromatic heterocycles. The summed E-state index contributed by atoms with van der Waals surface area (Å²) in [5.74, 6) is -1.89. The third kappa shape index (κ3) is 6.91. The quantitative estimate of drug-likeness (QED) is 0.578. The molecule has 0 radical (unpaired) electrons. The molecule has 1 atom stereocenters. The molecule has 0 saturated carbocycles. The number of carbonyl (C=O) groups is 2. The van der Waals surface area contributed by atoms with Crippen molar-refractivity contribution < 1.29 is 35.6 Å². The van der Waals surface area contributed by atoms with E-state index in [1.807, 2.05) is 0 Å². The van der Waals surface area contributed by atoms with Crippen LogP contribution in [0, 0.1) is 5.82 Å². The van der Waals surface area contributed by atoms with Crippen molar-refractivity contribution in [3.8, 4) is 0 Å². The number of alkyl halides is 3. The van der Waals surface area contributed by atoms with Gasteiger partial charge in [-0.3, -0.25) is 13.9 Å². The number of hydrogen-bond acceptors (Lipinski definition) is 4. The van der Waals surface area contributed by atoms with Crippen molar-refractivity contribution in [3.63, 3.8) is 0 Å². The van der Waals surface area contributed by atoms with Gasteiger partial charge in [0.15, 0.2) is 0 Å². The number of nitrogens with one attached hydrogen (secondary N) is 1. The highest BCUT2D eigenvalue weighted by Crippen LogP contribution is 2.32. The van der Waals surface area contributed by atoms with E-state index in [-0.39, 0.29) is 12.2 Å². The molecule has 2 amide bonds. The minimum atomic E-state index is -4.72. The molecule has 12 heteroatoms. The van der Waals surface area contributed by atoms with Crippen LogP contribution in [0.4, 0.5) is 23.2 Å². The van der Waals surface area contributed by atoms with Crippen molar-refractivity contribution in [3.05, 3.63) is 65.5 Å². The van der Waals surface area contributed by atoms with E-state index in [1.165, 1.54) is 26.1 Å². The molecule has 33 heavy (non-hydrogen) atoms. The molecule has 0 aliphatic heterocycles. The van der Waals surface area contributed by atoms with E-state index in [9.17, 15) is 35.6 Å². The van der Waals surface area contributed by atoms with E-state index in [1.54, 1.807) is 0 Å². The fourth-order valence-electron chi connectivity index (χ4n) is 3.03. The van der Waals surface area contributed by atoms with Crippen LogP contribution in [0.5, 0.6) is 0 Å².